The molecule has 0 aliphatic rings. The Hall–Kier alpha value is -1.53. The lowest BCUT2D eigenvalue weighted by Gasteiger charge is -2.17. The molecule has 19 heavy (non-hydrogen) atoms. The van der Waals surface area contributed by atoms with Crippen molar-refractivity contribution in [2.24, 2.45) is 11.5 Å². The molecule has 1 rings (SSSR count). The number of thioether (sulfide) groups is 1. The van der Waals surface area contributed by atoms with Gasteiger partial charge in [0.1, 0.15) is 0 Å². The summed E-state index contributed by atoms with van der Waals surface area (Å²) in [6, 6.07) is 6.45. The molecule has 6 heteroatoms. The molecule has 5 N–H and O–H groups in total. The van der Waals surface area contributed by atoms with Crippen LogP contribution in [0.25, 0.3) is 0 Å². The largest absolute Gasteiger partial charge is 0.366 e. The molecule has 0 saturated heterocycles. The number of carbonyl (C=O) groups is 2. The van der Waals surface area contributed by atoms with E-state index in [0.717, 1.165) is 0 Å². The van der Waals surface area contributed by atoms with E-state index in [4.69, 9.17) is 11.5 Å². The van der Waals surface area contributed by atoms with Crippen molar-refractivity contribution in [2.45, 2.75) is 19.4 Å². The highest BCUT2D eigenvalue weighted by atomic mass is 32.2. The molecule has 5 nitrogen and oxygen atoms in total. The van der Waals surface area contributed by atoms with Crippen LogP contribution in [-0.4, -0.2) is 28.9 Å². The SMILES string of the molecule is CC(C)(N)CSCC(=O)Nc1ccc(C(N)=O)cc1. The molecule has 0 unspecified atom stereocenters. The third-order valence-corrected chi connectivity index (χ3v) is 3.57. The molecule has 1 aromatic carbocycles. The van der Waals surface area contributed by atoms with Gasteiger partial charge in [-0.25, -0.2) is 0 Å². The Kier molecular flexibility index (Phi) is 5.38. The van der Waals surface area contributed by atoms with E-state index < -0.39 is 5.91 Å². The lowest BCUT2D eigenvalue weighted by molar-refractivity contribution is -0.113. The van der Waals surface area contributed by atoms with Gasteiger partial charge in [0.15, 0.2) is 0 Å². The van der Waals surface area contributed by atoms with Gasteiger partial charge < -0.3 is 16.8 Å². The predicted molar refractivity (Wildman–Crippen MR) is 79.2 cm³/mol. The number of nitrogens with one attached hydrogen (secondary N) is 1. The zero-order chi connectivity index (χ0) is 14.5. The van der Waals surface area contributed by atoms with Crippen molar-refractivity contribution in [3.05, 3.63) is 29.8 Å². The smallest absolute Gasteiger partial charge is 0.248 e. The molecule has 0 radical (unpaired) electrons. The monoisotopic (exact) mass is 281 g/mol. The summed E-state index contributed by atoms with van der Waals surface area (Å²) in [4.78, 5) is 22.5. The van der Waals surface area contributed by atoms with E-state index in [1.165, 1.54) is 11.8 Å². The second-order valence-corrected chi connectivity index (χ2v) is 5.96. The number of nitrogens with two attached hydrogens (primary N) is 2. The Labute approximate surface area is 117 Å². The highest BCUT2D eigenvalue weighted by molar-refractivity contribution is 8.00. The number of amides is 2. The van der Waals surface area contributed by atoms with Gasteiger partial charge in [-0.3, -0.25) is 9.59 Å². The van der Waals surface area contributed by atoms with Crippen LogP contribution in [0.4, 0.5) is 5.69 Å². The highest BCUT2D eigenvalue weighted by Gasteiger charge is 2.12. The van der Waals surface area contributed by atoms with Crippen molar-refractivity contribution < 1.29 is 9.59 Å². The van der Waals surface area contributed by atoms with Crippen LogP contribution in [0.1, 0.15) is 24.2 Å². The van der Waals surface area contributed by atoms with Crippen molar-refractivity contribution in [3.8, 4) is 0 Å². The second kappa shape index (κ2) is 6.58. The van der Waals surface area contributed by atoms with Gasteiger partial charge in [0.25, 0.3) is 0 Å². The van der Waals surface area contributed by atoms with Gasteiger partial charge in [0.05, 0.1) is 5.75 Å². The normalized spacial score (nSPS) is 11.1. The summed E-state index contributed by atoms with van der Waals surface area (Å²) in [6.45, 7) is 3.83. The Morgan fingerprint density at radius 2 is 1.84 bits per heavy atom. The molecule has 0 fully saturated rings. The minimum absolute atomic E-state index is 0.0962. The maximum Gasteiger partial charge on any atom is 0.248 e. The fraction of sp³-hybridized carbons (Fsp3) is 0.385. The quantitative estimate of drug-likeness (QED) is 0.729. The van der Waals surface area contributed by atoms with Gasteiger partial charge in [-0.1, -0.05) is 0 Å². The third kappa shape index (κ3) is 6.26. The number of benzene rings is 1. The predicted octanol–water partition coefficient (Wildman–Crippen LogP) is 1.19. The van der Waals surface area contributed by atoms with Crippen LogP contribution in [0, 0.1) is 0 Å². The van der Waals surface area contributed by atoms with Crippen LogP contribution in [0.2, 0.25) is 0 Å². The van der Waals surface area contributed by atoms with E-state index in [2.05, 4.69) is 5.32 Å². The summed E-state index contributed by atoms with van der Waals surface area (Å²) in [6.07, 6.45) is 0. The maximum atomic E-state index is 11.7. The molecule has 2 amide bonds. The Morgan fingerprint density at radius 1 is 1.26 bits per heavy atom. The number of anilines is 1. The van der Waals surface area contributed by atoms with Crippen LogP contribution in [0.15, 0.2) is 24.3 Å². The summed E-state index contributed by atoms with van der Waals surface area (Å²) in [5, 5.41) is 2.74. The number of hydrogen-bond acceptors (Lipinski definition) is 4. The molecule has 0 spiro atoms. The van der Waals surface area contributed by atoms with Crippen LogP contribution < -0.4 is 16.8 Å². The number of rotatable bonds is 6. The van der Waals surface area contributed by atoms with Gasteiger partial charge >= 0.3 is 0 Å². The van der Waals surface area contributed by atoms with Gasteiger partial charge in [0, 0.05) is 22.5 Å². The summed E-state index contributed by atoms with van der Waals surface area (Å²) in [5.74, 6) is 0.471. The van der Waals surface area contributed by atoms with Gasteiger partial charge in [-0.05, 0) is 38.1 Å². The highest BCUT2D eigenvalue weighted by Crippen LogP contribution is 2.12. The third-order valence-electron chi connectivity index (χ3n) is 2.16. The molecular weight excluding hydrogens is 262 g/mol. The first-order valence-electron chi connectivity index (χ1n) is 5.84. The Balaban J connectivity index is 2.42. The molecule has 0 heterocycles. The van der Waals surface area contributed by atoms with E-state index in [1.807, 2.05) is 13.8 Å². The average Bonchev–Trinajstić information content (AvgIpc) is 2.27. The van der Waals surface area contributed by atoms with E-state index >= 15 is 0 Å². The molecule has 0 bridgehead atoms. The first kappa shape index (κ1) is 15.5. The zero-order valence-corrected chi connectivity index (χ0v) is 11.9. The fourth-order valence-electron chi connectivity index (χ4n) is 1.32. The van der Waals surface area contributed by atoms with Gasteiger partial charge in [-0.2, -0.15) is 11.8 Å². The summed E-state index contributed by atoms with van der Waals surface area (Å²) >= 11 is 1.48. The lowest BCUT2D eigenvalue weighted by Crippen LogP contribution is -2.35. The first-order chi connectivity index (χ1) is 8.78. The zero-order valence-electron chi connectivity index (χ0n) is 11.1. The van der Waals surface area contributed by atoms with Gasteiger partial charge in [-0.15, -0.1) is 0 Å². The topological polar surface area (TPSA) is 98.2 Å². The van der Waals surface area contributed by atoms with Crippen LogP contribution >= 0.6 is 11.8 Å². The van der Waals surface area contributed by atoms with E-state index in [1.54, 1.807) is 24.3 Å². The lowest BCUT2D eigenvalue weighted by atomic mass is 10.1. The standard InChI is InChI=1S/C13H19N3O2S/c1-13(2,15)8-19-7-11(17)16-10-5-3-9(4-6-10)12(14)18/h3-6H,7-8,15H2,1-2H3,(H2,14,18)(H,16,17). The second-order valence-electron chi connectivity index (χ2n) is 4.97. The Morgan fingerprint density at radius 3 is 2.32 bits per heavy atom. The fourth-order valence-corrected chi connectivity index (χ4v) is 2.21. The number of hydrogen-bond donors (Lipinski definition) is 3. The Bertz CT molecular complexity index is 452. The minimum atomic E-state index is -0.487. The van der Waals surface area contributed by atoms with Crippen molar-refractivity contribution in [3.63, 3.8) is 0 Å². The summed E-state index contributed by atoms with van der Waals surface area (Å²) in [5.41, 5.74) is 11.7. The number of primary amides is 1. The van der Waals surface area contributed by atoms with E-state index in [-0.39, 0.29) is 11.4 Å². The van der Waals surface area contributed by atoms with Crippen LogP contribution in [0.3, 0.4) is 0 Å². The van der Waals surface area contributed by atoms with Crippen molar-refractivity contribution in [2.75, 3.05) is 16.8 Å². The molecule has 0 saturated carbocycles. The average molecular weight is 281 g/mol. The van der Waals surface area contributed by atoms with Crippen molar-refractivity contribution in [1.29, 1.82) is 0 Å². The van der Waals surface area contributed by atoms with Gasteiger partial charge in [0.2, 0.25) is 11.8 Å². The molecule has 1 aromatic rings. The molecule has 0 aromatic heterocycles. The molecular formula is C13H19N3O2S. The van der Waals surface area contributed by atoms with Crippen molar-refractivity contribution in [1.82, 2.24) is 0 Å². The summed E-state index contributed by atoms with van der Waals surface area (Å²) in [7, 11) is 0. The molecule has 104 valence electrons. The minimum Gasteiger partial charge on any atom is -0.366 e. The molecule has 0 aliphatic heterocycles. The first-order valence-corrected chi connectivity index (χ1v) is 7.00. The molecule has 0 atom stereocenters. The van der Waals surface area contributed by atoms with Crippen LogP contribution in [0.5, 0.6) is 0 Å². The number of carbonyl (C=O) groups excluding carboxylic acids is 2. The van der Waals surface area contributed by atoms with Crippen LogP contribution in [-0.2, 0) is 4.79 Å². The molecule has 0 aliphatic carbocycles. The van der Waals surface area contributed by atoms with Crippen molar-refractivity contribution >= 4 is 29.3 Å². The van der Waals surface area contributed by atoms with E-state index in [0.29, 0.717) is 22.8 Å². The van der Waals surface area contributed by atoms with E-state index in [9.17, 15) is 9.59 Å². The summed E-state index contributed by atoms with van der Waals surface area (Å²) < 4.78 is 0. The maximum absolute atomic E-state index is 11.7.